The van der Waals surface area contributed by atoms with Gasteiger partial charge in [-0.15, -0.1) is 0 Å². The van der Waals surface area contributed by atoms with Crippen molar-refractivity contribution in [1.82, 2.24) is 9.97 Å². The average molecular weight is 166 g/mol. The molecule has 0 unspecified atom stereocenters. The SMILES string of the molecule is CNc1ncc(CC(N)=O)cn1. The Labute approximate surface area is 70.0 Å². The highest BCUT2D eigenvalue weighted by atomic mass is 16.1. The zero-order chi connectivity index (χ0) is 8.97. The Morgan fingerprint density at radius 3 is 2.58 bits per heavy atom. The van der Waals surface area contributed by atoms with Gasteiger partial charge in [0.2, 0.25) is 11.9 Å². The minimum absolute atomic E-state index is 0.185. The van der Waals surface area contributed by atoms with Crippen molar-refractivity contribution in [3.63, 3.8) is 0 Å². The smallest absolute Gasteiger partial charge is 0.222 e. The third-order valence-electron chi connectivity index (χ3n) is 1.31. The molecule has 0 aliphatic carbocycles. The van der Waals surface area contributed by atoms with E-state index in [4.69, 9.17) is 5.73 Å². The second kappa shape index (κ2) is 3.66. The van der Waals surface area contributed by atoms with Gasteiger partial charge in [0.15, 0.2) is 0 Å². The van der Waals surface area contributed by atoms with Crippen LogP contribution in [0.15, 0.2) is 12.4 Å². The molecule has 0 aliphatic heterocycles. The molecule has 1 aromatic rings. The van der Waals surface area contributed by atoms with Crippen LogP contribution >= 0.6 is 0 Å². The average Bonchev–Trinajstić information content (AvgIpc) is 2.05. The first-order chi connectivity index (χ1) is 5.72. The molecule has 5 heteroatoms. The highest BCUT2D eigenvalue weighted by Crippen LogP contribution is 1.99. The molecule has 0 saturated carbocycles. The van der Waals surface area contributed by atoms with Gasteiger partial charge in [0.05, 0.1) is 6.42 Å². The molecule has 1 rings (SSSR count). The summed E-state index contributed by atoms with van der Waals surface area (Å²) in [6, 6.07) is 0. The number of nitrogens with one attached hydrogen (secondary N) is 1. The van der Waals surface area contributed by atoms with Gasteiger partial charge in [-0.1, -0.05) is 0 Å². The first-order valence-corrected chi connectivity index (χ1v) is 3.49. The molecule has 1 heterocycles. The molecule has 0 saturated heterocycles. The van der Waals surface area contributed by atoms with E-state index in [0.29, 0.717) is 5.95 Å². The van der Waals surface area contributed by atoms with E-state index in [9.17, 15) is 4.79 Å². The summed E-state index contributed by atoms with van der Waals surface area (Å²) in [7, 11) is 1.73. The van der Waals surface area contributed by atoms with E-state index >= 15 is 0 Å². The molecule has 1 amide bonds. The van der Waals surface area contributed by atoms with Crippen molar-refractivity contribution in [2.24, 2.45) is 5.73 Å². The van der Waals surface area contributed by atoms with Crippen LogP contribution in [0.2, 0.25) is 0 Å². The summed E-state index contributed by atoms with van der Waals surface area (Å²) in [6.45, 7) is 0. The van der Waals surface area contributed by atoms with Crippen LogP contribution in [0.5, 0.6) is 0 Å². The quantitative estimate of drug-likeness (QED) is 0.637. The van der Waals surface area contributed by atoms with Crippen molar-refractivity contribution < 1.29 is 4.79 Å². The summed E-state index contributed by atoms with van der Waals surface area (Å²) in [4.78, 5) is 18.3. The van der Waals surface area contributed by atoms with Crippen molar-refractivity contribution in [3.05, 3.63) is 18.0 Å². The van der Waals surface area contributed by atoms with Gasteiger partial charge in [0.1, 0.15) is 0 Å². The molecule has 5 nitrogen and oxygen atoms in total. The second-order valence-corrected chi connectivity index (χ2v) is 2.31. The Morgan fingerprint density at radius 1 is 1.58 bits per heavy atom. The van der Waals surface area contributed by atoms with Gasteiger partial charge in [0, 0.05) is 19.4 Å². The van der Waals surface area contributed by atoms with E-state index in [2.05, 4.69) is 15.3 Å². The summed E-state index contributed by atoms with van der Waals surface area (Å²) in [5.41, 5.74) is 5.71. The van der Waals surface area contributed by atoms with Crippen molar-refractivity contribution in [1.29, 1.82) is 0 Å². The fourth-order valence-corrected chi connectivity index (χ4v) is 0.776. The Bertz CT molecular complexity index is 269. The number of hydrogen-bond donors (Lipinski definition) is 2. The first-order valence-electron chi connectivity index (χ1n) is 3.49. The van der Waals surface area contributed by atoms with Crippen LogP contribution in [-0.2, 0) is 11.2 Å². The minimum Gasteiger partial charge on any atom is -0.369 e. The van der Waals surface area contributed by atoms with E-state index in [0.717, 1.165) is 5.56 Å². The fraction of sp³-hybridized carbons (Fsp3) is 0.286. The number of amides is 1. The molecule has 0 spiro atoms. The monoisotopic (exact) mass is 166 g/mol. The van der Waals surface area contributed by atoms with Crippen LogP contribution < -0.4 is 11.1 Å². The summed E-state index contributed by atoms with van der Waals surface area (Å²) < 4.78 is 0. The summed E-state index contributed by atoms with van der Waals surface area (Å²) >= 11 is 0. The number of carbonyl (C=O) groups excluding carboxylic acids is 1. The Balaban J connectivity index is 2.71. The number of aromatic nitrogens is 2. The summed E-state index contributed by atoms with van der Waals surface area (Å²) in [5, 5.41) is 2.77. The van der Waals surface area contributed by atoms with Crippen LogP contribution in [0.3, 0.4) is 0 Å². The zero-order valence-corrected chi connectivity index (χ0v) is 6.74. The lowest BCUT2D eigenvalue weighted by atomic mass is 10.2. The molecular weight excluding hydrogens is 156 g/mol. The molecule has 0 bridgehead atoms. The van der Waals surface area contributed by atoms with Gasteiger partial charge in [-0.2, -0.15) is 0 Å². The summed E-state index contributed by atoms with van der Waals surface area (Å²) in [6.07, 6.45) is 3.33. The number of hydrogen-bond acceptors (Lipinski definition) is 4. The molecule has 0 aliphatic rings. The third-order valence-corrected chi connectivity index (χ3v) is 1.31. The maximum atomic E-state index is 10.5. The van der Waals surface area contributed by atoms with Gasteiger partial charge in [-0.3, -0.25) is 4.79 Å². The van der Waals surface area contributed by atoms with E-state index in [1.807, 2.05) is 0 Å². The first kappa shape index (κ1) is 8.45. The predicted octanol–water partition coefficient (Wildman–Crippen LogP) is -0.454. The zero-order valence-electron chi connectivity index (χ0n) is 6.74. The van der Waals surface area contributed by atoms with Gasteiger partial charge in [0.25, 0.3) is 0 Å². The van der Waals surface area contributed by atoms with Gasteiger partial charge in [-0.25, -0.2) is 9.97 Å². The molecule has 1 aromatic heterocycles. The lowest BCUT2D eigenvalue weighted by molar-refractivity contribution is -0.117. The van der Waals surface area contributed by atoms with Crippen LogP contribution in [0, 0.1) is 0 Å². The Morgan fingerprint density at radius 2 is 2.17 bits per heavy atom. The molecule has 3 N–H and O–H groups in total. The van der Waals surface area contributed by atoms with Crippen molar-refractivity contribution in [2.45, 2.75) is 6.42 Å². The standard InChI is InChI=1S/C7H10N4O/c1-9-7-10-3-5(4-11-7)2-6(8)12/h3-4H,2H2,1H3,(H2,8,12)(H,9,10,11). The number of primary amides is 1. The van der Waals surface area contributed by atoms with Gasteiger partial charge in [-0.05, 0) is 5.56 Å². The van der Waals surface area contributed by atoms with E-state index in [-0.39, 0.29) is 12.3 Å². The highest BCUT2D eigenvalue weighted by Gasteiger charge is 1.98. The lowest BCUT2D eigenvalue weighted by Crippen LogP contribution is -2.14. The van der Waals surface area contributed by atoms with Gasteiger partial charge < -0.3 is 11.1 Å². The van der Waals surface area contributed by atoms with Crippen LogP contribution in [0.4, 0.5) is 5.95 Å². The lowest BCUT2D eigenvalue weighted by Gasteiger charge is -1.98. The molecule has 64 valence electrons. The minimum atomic E-state index is -0.379. The number of carbonyl (C=O) groups is 1. The molecule has 0 fully saturated rings. The third kappa shape index (κ3) is 2.19. The molecule has 0 aromatic carbocycles. The number of nitrogens with two attached hydrogens (primary N) is 1. The molecular formula is C7H10N4O. The predicted molar refractivity (Wildman–Crippen MR) is 44.5 cm³/mol. The van der Waals surface area contributed by atoms with Crippen molar-refractivity contribution >= 4 is 11.9 Å². The normalized spacial score (nSPS) is 9.42. The van der Waals surface area contributed by atoms with Crippen LogP contribution in [0.25, 0.3) is 0 Å². The van der Waals surface area contributed by atoms with Crippen LogP contribution in [-0.4, -0.2) is 22.9 Å². The molecule has 0 radical (unpaired) electrons. The fourth-order valence-electron chi connectivity index (χ4n) is 0.776. The second-order valence-electron chi connectivity index (χ2n) is 2.31. The number of anilines is 1. The van der Waals surface area contributed by atoms with Crippen LogP contribution in [0.1, 0.15) is 5.56 Å². The largest absolute Gasteiger partial charge is 0.369 e. The maximum Gasteiger partial charge on any atom is 0.222 e. The Kier molecular flexibility index (Phi) is 2.57. The number of nitrogens with zero attached hydrogens (tertiary/aromatic N) is 2. The summed E-state index contributed by atoms with van der Waals surface area (Å²) in [5.74, 6) is 0.152. The van der Waals surface area contributed by atoms with Gasteiger partial charge >= 0.3 is 0 Å². The van der Waals surface area contributed by atoms with E-state index in [1.165, 1.54) is 0 Å². The van der Waals surface area contributed by atoms with E-state index < -0.39 is 0 Å². The van der Waals surface area contributed by atoms with E-state index in [1.54, 1.807) is 19.4 Å². The maximum absolute atomic E-state index is 10.5. The topological polar surface area (TPSA) is 80.9 Å². The molecule has 12 heavy (non-hydrogen) atoms. The van der Waals surface area contributed by atoms with Crippen molar-refractivity contribution in [2.75, 3.05) is 12.4 Å². The highest BCUT2D eigenvalue weighted by molar-refractivity contribution is 5.76. The number of rotatable bonds is 3. The Hall–Kier alpha value is -1.65. The molecule has 0 atom stereocenters. The van der Waals surface area contributed by atoms with Crippen molar-refractivity contribution in [3.8, 4) is 0 Å².